The van der Waals surface area contributed by atoms with E-state index in [1.807, 2.05) is 0 Å². The summed E-state index contributed by atoms with van der Waals surface area (Å²) in [5.41, 5.74) is 0.208. The molecule has 2 aromatic rings. The van der Waals surface area contributed by atoms with Crippen LogP contribution in [0.2, 0.25) is 0 Å². The minimum Gasteiger partial charge on any atom is -0.457 e. The molecule has 0 aromatic heterocycles. The molecule has 0 atom stereocenters. The number of alkyl halides is 12. The molecule has 0 saturated carbocycles. The highest BCUT2D eigenvalue weighted by Gasteiger charge is 2.72. The molecule has 45 heavy (non-hydrogen) atoms. The Bertz CT molecular complexity index is 1380. The van der Waals surface area contributed by atoms with Gasteiger partial charge in [0.2, 0.25) is 0 Å². The Hall–Kier alpha value is -1.56. The molecular weight excluding hydrogens is 1010 g/mol. The molecule has 2 rings (SSSR count). The molecule has 0 fully saturated rings. The first kappa shape index (κ1) is 41.5. The van der Waals surface area contributed by atoms with E-state index in [2.05, 4.69) is 41.3 Å². The minimum absolute atomic E-state index is 0.0507. The fraction of sp³-hybridized carbons (Fsp3) is 0.280. The zero-order valence-electron chi connectivity index (χ0n) is 21.4. The van der Waals surface area contributed by atoms with E-state index in [9.17, 15) is 62.3 Å². The van der Waals surface area contributed by atoms with Gasteiger partial charge in [-0.1, -0.05) is 31.9 Å². The smallest absolute Gasteiger partial charge is 0.457 e. The van der Waals surface area contributed by atoms with Crippen molar-refractivity contribution in [3.8, 4) is 0 Å². The quantitative estimate of drug-likeness (QED) is 0.143. The number of halogens is 16. The molecule has 0 aliphatic rings. The van der Waals surface area contributed by atoms with Gasteiger partial charge in [0.15, 0.2) is 0 Å². The Morgan fingerprint density at radius 1 is 0.578 bits per heavy atom. The first-order valence-corrected chi connectivity index (χ1v) is 14.9. The number of hydrogen-bond donors (Lipinski definition) is 0. The highest BCUT2D eigenvalue weighted by atomic mass is 127. The van der Waals surface area contributed by atoms with Crippen molar-refractivity contribution in [2.24, 2.45) is 0 Å². The van der Waals surface area contributed by atoms with Crippen LogP contribution in [-0.4, -0.2) is 55.3 Å². The SMILES string of the molecule is O=C(OCC(I)=CC(F)(F)C(F)(F)C(F)(F)F)c1ccc(Br)cc1.O=C(OCC(I)=CC(F)(F)C(F)(F)F)c1ccc(Br)cc1. The summed E-state index contributed by atoms with van der Waals surface area (Å²) in [5, 5.41) is 0. The molecule has 0 unspecified atom stereocenters. The van der Waals surface area contributed by atoms with Crippen molar-refractivity contribution >= 4 is 89.0 Å². The largest absolute Gasteiger partial charge is 0.460 e. The van der Waals surface area contributed by atoms with E-state index in [0.717, 1.165) is 27.1 Å². The molecule has 0 N–H and O–H groups in total. The van der Waals surface area contributed by atoms with E-state index in [-0.39, 0.29) is 17.2 Å². The van der Waals surface area contributed by atoms with E-state index in [4.69, 9.17) is 0 Å². The number of carbonyl (C=O) groups is 2. The normalized spacial score (nSPS) is 13.5. The van der Waals surface area contributed by atoms with Crippen molar-refractivity contribution in [1.82, 2.24) is 0 Å². The topological polar surface area (TPSA) is 52.6 Å². The summed E-state index contributed by atoms with van der Waals surface area (Å²) in [7, 11) is 0. The van der Waals surface area contributed by atoms with Crippen molar-refractivity contribution < 1.29 is 71.7 Å². The van der Waals surface area contributed by atoms with Crippen molar-refractivity contribution in [3.05, 3.63) is 87.9 Å². The van der Waals surface area contributed by atoms with Crippen molar-refractivity contribution in [3.63, 3.8) is 0 Å². The molecule has 20 heteroatoms. The van der Waals surface area contributed by atoms with E-state index < -0.39 is 68.5 Å². The van der Waals surface area contributed by atoms with Crippen LogP contribution in [0.5, 0.6) is 0 Å². The van der Waals surface area contributed by atoms with E-state index in [1.54, 1.807) is 12.1 Å². The van der Waals surface area contributed by atoms with Gasteiger partial charge >= 0.3 is 42.1 Å². The molecule has 2 aromatic carbocycles. The molecule has 0 heterocycles. The van der Waals surface area contributed by atoms with Gasteiger partial charge in [0, 0.05) is 28.3 Å². The predicted octanol–water partition coefficient (Wildman–Crippen LogP) is 10.9. The summed E-state index contributed by atoms with van der Waals surface area (Å²) in [6.07, 6.45) is -12.9. The van der Waals surface area contributed by atoms with Crippen LogP contribution < -0.4 is 0 Å². The molecule has 0 saturated heterocycles. The fourth-order valence-corrected chi connectivity index (χ4v) is 4.07. The molecular formula is C25H14Br2F12I2O4. The summed E-state index contributed by atoms with van der Waals surface area (Å²) in [6, 6.07) is 11.7. The molecule has 4 nitrogen and oxygen atoms in total. The lowest BCUT2D eigenvalue weighted by Crippen LogP contribution is -2.50. The Labute approximate surface area is 290 Å². The number of rotatable bonds is 9. The van der Waals surface area contributed by atoms with E-state index >= 15 is 0 Å². The molecule has 250 valence electrons. The van der Waals surface area contributed by atoms with Gasteiger partial charge in [-0.05, 0) is 93.7 Å². The Morgan fingerprint density at radius 3 is 1.18 bits per heavy atom. The van der Waals surface area contributed by atoms with Crippen molar-refractivity contribution in [2.45, 2.75) is 30.1 Å². The maximum Gasteiger partial charge on any atom is 0.460 e. The summed E-state index contributed by atoms with van der Waals surface area (Å²) in [6.45, 7) is -1.54. The zero-order chi connectivity index (χ0) is 35.0. The second-order valence-corrected chi connectivity index (χ2v) is 12.8. The van der Waals surface area contributed by atoms with Gasteiger partial charge in [0.05, 0.1) is 11.1 Å². The van der Waals surface area contributed by atoms with Crippen LogP contribution in [0.15, 0.2) is 76.8 Å². The Morgan fingerprint density at radius 2 is 0.889 bits per heavy atom. The highest BCUT2D eigenvalue weighted by molar-refractivity contribution is 14.1. The second-order valence-electron chi connectivity index (χ2n) is 8.16. The van der Waals surface area contributed by atoms with Gasteiger partial charge < -0.3 is 9.47 Å². The van der Waals surface area contributed by atoms with E-state index in [0.29, 0.717) is 4.47 Å². The van der Waals surface area contributed by atoms with Crippen LogP contribution in [0.25, 0.3) is 0 Å². The van der Waals surface area contributed by atoms with Gasteiger partial charge in [-0.3, -0.25) is 0 Å². The number of hydrogen-bond acceptors (Lipinski definition) is 4. The number of esters is 2. The lowest BCUT2D eigenvalue weighted by molar-refractivity contribution is -0.341. The van der Waals surface area contributed by atoms with Crippen LogP contribution in [-0.2, 0) is 9.47 Å². The number of carbonyl (C=O) groups excluding carboxylic acids is 2. The van der Waals surface area contributed by atoms with E-state index in [1.165, 1.54) is 59.0 Å². The Balaban J connectivity index is 0.000000454. The lowest BCUT2D eigenvalue weighted by Gasteiger charge is -2.26. The standard InChI is InChI=1S/C13H7BrF7IO2.C12H7BrF5IO2/c14-8-3-1-7(2-4-8)10(23)24-6-9(22)5-11(15,16)12(17,18)13(19,20)21;13-8-3-1-7(2-4-8)10(20)21-6-9(19)5-11(14,15)12(16,17)18/h1-5H,6H2;1-5H,6H2. The molecule has 0 amide bonds. The van der Waals surface area contributed by atoms with Gasteiger partial charge in [-0.15, -0.1) is 0 Å². The maximum atomic E-state index is 13.1. The van der Waals surface area contributed by atoms with Crippen molar-refractivity contribution in [2.75, 3.05) is 13.2 Å². The highest BCUT2D eigenvalue weighted by Crippen LogP contribution is 2.47. The predicted molar refractivity (Wildman–Crippen MR) is 160 cm³/mol. The molecule has 0 radical (unpaired) electrons. The monoisotopic (exact) mass is 1020 g/mol. The average molecular weight is 1020 g/mol. The van der Waals surface area contributed by atoms with Crippen LogP contribution >= 0.6 is 77.0 Å². The molecule has 0 bridgehead atoms. The van der Waals surface area contributed by atoms with Crippen molar-refractivity contribution in [1.29, 1.82) is 0 Å². The first-order chi connectivity index (χ1) is 20.3. The molecule has 0 spiro atoms. The number of allylic oxidation sites excluding steroid dienone is 2. The number of benzene rings is 2. The van der Waals surface area contributed by atoms with Crippen LogP contribution in [0.1, 0.15) is 20.7 Å². The summed E-state index contributed by atoms with van der Waals surface area (Å²) < 4.78 is 159. The average Bonchev–Trinajstić information content (AvgIpc) is 2.89. The maximum absolute atomic E-state index is 13.1. The van der Waals surface area contributed by atoms with Gasteiger partial charge in [-0.2, -0.15) is 52.7 Å². The minimum atomic E-state index is -6.42. The fourth-order valence-electron chi connectivity index (χ4n) is 2.45. The lowest BCUT2D eigenvalue weighted by atomic mass is 10.1. The Kier molecular flexibility index (Phi) is 15.2. The van der Waals surface area contributed by atoms with Crippen LogP contribution in [0, 0.1) is 0 Å². The summed E-state index contributed by atoms with van der Waals surface area (Å²) in [5.74, 6) is -18.5. The number of ether oxygens (including phenoxy) is 2. The molecule has 0 aliphatic carbocycles. The second kappa shape index (κ2) is 16.5. The third-order valence-electron chi connectivity index (χ3n) is 4.67. The van der Waals surface area contributed by atoms with Gasteiger partial charge in [-0.25, -0.2) is 9.59 Å². The summed E-state index contributed by atoms with van der Waals surface area (Å²) >= 11 is 8.62. The third-order valence-corrected chi connectivity index (χ3v) is 6.97. The zero-order valence-corrected chi connectivity index (χ0v) is 28.9. The van der Waals surface area contributed by atoms with Gasteiger partial charge in [0.1, 0.15) is 13.2 Å². The third kappa shape index (κ3) is 12.9. The summed E-state index contributed by atoms with van der Waals surface area (Å²) in [4.78, 5) is 23.1. The first-order valence-electron chi connectivity index (χ1n) is 11.2. The van der Waals surface area contributed by atoms with Crippen LogP contribution in [0.4, 0.5) is 52.7 Å². The van der Waals surface area contributed by atoms with Gasteiger partial charge in [0.25, 0.3) is 0 Å². The van der Waals surface area contributed by atoms with Crippen LogP contribution in [0.3, 0.4) is 0 Å². The molecule has 0 aliphatic heterocycles.